The van der Waals surface area contributed by atoms with Crippen LogP contribution in [0, 0.1) is 6.92 Å². The highest BCUT2D eigenvalue weighted by Crippen LogP contribution is 2.24. The molecule has 7 heteroatoms. The van der Waals surface area contributed by atoms with E-state index in [2.05, 4.69) is 37.0 Å². The maximum atomic E-state index is 11.2. The number of benzene rings is 1. The van der Waals surface area contributed by atoms with Gasteiger partial charge in [-0.05, 0) is 19.1 Å². The van der Waals surface area contributed by atoms with Gasteiger partial charge in [-0.15, -0.1) is 0 Å². The summed E-state index contributed by atoms with van der Waals surface area (Å²) >= 11 is 0. The minimum Gasteiger partial charge on any atom is -0.368 e. The van der Waals surface area contributed by atoms with Crippen LogP contribution in [0.4, 0.5) is 10.6 Å². The highest BCUT2D eigenvalue weighted by Gasteiger charge is 2.10. The Morgan fingerprint density at radius 3 is 2.88 bits per heavy atom. The van der Waals surface area contributed by atoms with Crippen LogP contribution >= 0.6 is 0 Å². The quantitative estimate of drug-likeness (QED) is 0.542. The van der Waals surface area contributed by atoms with Crippen LogP contribution in [0.15, 0.2) is 36.5 Å². The minimum absolute atomic E-state index is 0.202. The van der Waals surface area contributed by atoms with Crippen LogP contribution in [0.3, 0.4) is 0 Å². The van der Waals surface area contributed by atoms with Crippen molar-refractivity contribution < 1.29 is 4.79 Å². The number of aromatic amines is 1. The second-order valence-corrected chi connectivity index (χ2v) is 5.44. The number of aryl methyl sites for hydroxylation is 1. The largest absolute Gasteiger partial charge is 0.368 e. The molecule has 2 amide bonds. The van der Waals surface area contributed by atoms with Crippen molar-refractivity contribution in [3.05, 3.63) is 42.1 Å². The number of nitrogens with one attached hydrogen (secondary N) is 4. The maximum absolute atomic E-state index is 11.2. The van der Waals surface area contributed by atoms with Crippen LogP contribution in [0.1, 0.15) is 5.56 Å². The molecule has 7 nitrogen and oxygen atoms in total. The van der Waals surface area contributed by atoms with Crippen molar-refractivity contribution in [2.45, 2.75) is 6.92 Å². The second-order valence-electron chi connectivity index (χ2n) is 5.44. The summed E-state index contributed by atoms with van der Waals surface area (Å²) in [5.74, 6) is 1.41. The number of hydrogen-bond donors (Lipinski definition) is 4. The Balaban J connectivity index is 1.84. The fourth-order valence-electron chi connectivity index (χ4n) is 2.43. The maximum Gasteiger partial charge on any atom is 0.314 e. The molecule has 0 saturated carbocycles. The third kappa shape index (κ3) is 3.45. The molecule has 0 atom stereocenters. The average Bonchev–Trinajstić information content (AvgIpc) is 3.07. The Bertz CT molecular complexity index is 857. The number of fused-ring (bicyclic) bond motifs is 1. The summed E-state index contributed by atoms with van der Waals surface area (Å²) in [6.45, 7) is 3.10. The number of urea groups is 1. The molecule has 3 aromatic rings. The summed E-state index contributed by atoms with van der Waals surface area (Å²) in [5.41, 5.74) is 2.91. The van der Waals surface area contributed by atoms with Crippen molar-refractivity contribution in [3.63, 3.8) is 0 Å². The predicted octanol–water partition coefficient (Wildman–Crippen LogP) is 2.27. The molecule has 0 saturated heterocycles. The van der Waals surface area contributed by atoms with Gasteiger partial charge in [-0.2, -0.15) is 0 Å². The molecule has 0 radical (unpaired) electrons. The topological polar surface area (TPSA) is 94.7 Å². The number of carbonyl (C=O) groups excluding carboxylic acids is 1. The minimum atomic E-state index is -0.202. The lowest BCUT2D eigenvalue weighted by atomic mass is 10.1. The van der Waals surface area contributed by atoms with E-state index in [1.54, 1.807) is 7.05 Å². The monoisotopic (exact) mass is 324 g/mol. The van der Waals surface area contributed by atoms with E-state index in [9.17, 15) is 4.79 Å². The van der Waals surface area contributed by atoms with E-state index >= 15 is 0 Å². The molecule has 0 aliphatic heterocycles. The number of rotatable bonds is 5. The van der Waals surface area contributed by atoms with Gasteiger partial charge < -0.3 is 20.9 Å². The van der Waals surface area contributed by atoms with Gasteiger partial charge in [-0.3, -0.25) is 0 Å². The van der Waals surface area contributed by atoms with Crippen LogP contribution < -0.4 is 16.0 Å². The van der Waals surface area contributed by atoms with Gasteiger partial charge in [0, 0.05) is 31.9 Å². The van der Waals surface area contributed by atoms with Crippen molar-refractivity contribution in [1.29, 1.82) is 0 Å². The number of amides is 2. The Labute approximate surface area is 139 Å². The fraction of sp³-hybridized carbons (Fsp3) is 0.235. The molecule has 4 N–H and O–H groups in total. The smallest absolute Gasteiger partial charge is 0.314 e. The van der Waals surface area contributed by atoms with Gasteiger partial charge in [0.15, 0.2) is 5.82 Å². The van der Waals surface area contributed by atoms with E-state index in [0.29, 0.717) is 18.9 Å². The zero-order valence-corrected chi connectivity index (χ0v) is 13.7. The van der Waals surface area contributed by atoms with Crippen LogP contribution in [0.5, 0.6) is 0 Å². The molecule has 3 rings (SSSR count). The average molecular weight is 324 g/mol. The van der Waals surface area contributed by atoms with Gasteiger partial charge in [0.25, 0.3) is 0 Å². The third-order valence-corrected chi connectivity index (χ3v) is 3.62. The molecule has 0 spiro atoms. The first kappa shape index (κ1) is 15.8. The van der Waals surface area contributed by atoms with Crippen LogP contribution in [-0.2, 0) is 0 Å². The standard InChI is InChI=1S/C17H20N6O/c1-11-4-3-5-12(10-11)14-22-15-13(6-7-19-15)16(23-14)20-8-9-21-17(24)18-2/h3-7,10H,8-9H2,1-2H3,(H2,18,21,24)(H2,19,20,22,23). The summed E-state index contributed by atoms with van der Waals surface area (Å²) in [5, 5.41) is 9.44. The van der Waals surface area contributed by atoms with Gasteiger partial charge in [-0.25, -0.2) is 14.8 Å². The van der Waals surface area contributed by atoms with E-state index in [-0.39, 0.29) is 6.03 Å². The SMILES string of the molecule is CNC(=O)NCCNc1nc(-c2cccc(C)c2)nc2[nH]ccc12. The van der Waals surface area contributed by atoms with E-state index in [1.165, 1.54) is 0 Å². The highest BCUT2D eigenvalue weighted by molar-refractivity contribution is 5.88. The van der Waals surface area contributed by atoms with Crippen LogP contribution in [-0.4, -0.2) is 41.1 Å². The molecule has 0 unspecified atom stereocenters. The Morgan fingerprint density at radius 2 is 2.08 bits per heavy atom. The highest BCUT2D eigenvalue weighted by atomic mass is 16.2. The summed E-state index contributed by atoms with van der Waals surface area (Å²) in [6, 6.07) is 9.82. The number of anilines is 1. The molecule has 1 aromatic carbocycles. The lowest BCUT2D eigenvalue weighted by Crippen LogP contribution is -2.35. The van der Waals surface area contributed by atoms with Crippen molar-refractivity contribution in [2.24, 2.45) is 0 Å². The van der Waals surface area contributed by atoms with Crippen LogP contribution in [0.2, 0.25) is 0 Å². The number of H-pyrrole nitrogens is 1. The second kappa shape index (κ2) is 6.99. The van der Waals surface area contributed by atoms with Gasteiger partial charge in [0.05, 0.1) is 5.39 Å². The predicted molar refractivity (Wildman–Crippen MR) is 95.0 cm³/mol. The number of aromatic nitrogens is 3. The third-order valence-electron chi connectivity index (χ3n) is 3.62. The van der Waals surface area contributed by atoms with Gasteiger partial charge in [0.2, 0.25) is 0 Å². The van der Waals surface area contributed by atoms with Gasteiger partial charge in [0.1, 0.15) is 11.5 Å². The summed E-state index contributed by atoms with van der Waals surface area (Å²) in [4.78, 5) is 23.6. The van der Waals surface area contributed by atoms with E-state index in [1.807, 2.05) is 37.4 Å². The molecule has 0 fully saturated rings. The van der Waals surface area contributed by atoms with Gasteiger partial charge >= 0.3 is 6.03 Å². The van der Waals surface area contributed by atoms with E-state index in [0.717, 1.165) is 28.0 Å². The molecular weight excluding hydrogens is 304 g/mol. The lowest BCUT2D eigenvalue weighted by molar-refractivity contribution is 0.243. The van der Waals surface area contributed by atoms with Crippen molar-refractivity contribution in [3.8, 4) is 11.4 Å². The van der Waals surface area contributed by atoms with Crippen molar-refractivity contribution in [1.82, 2.24) is 25.6 Å². The number of hydrogen-bond acceptors (Lipinski definition) is 4. The normalized spacial score (nSPS) is 10.6. The summed E-state index contributed by atoms with van der Waals surface area (Å²) in [7, 11) is 1.59. The van der Waals surface area contributed by atoms with E-state index in [4.69, 9.17) is 0 Å². The zero-order chi connectivity index (χ0) is 16.9. The zero-order valence-electron chi connectivity index (χ0n) is 13.7. The molecule has 0 aliphatic carbocycles. The molecular formula is C17H20N6O. The van der Waals surface area contributed by atoms with Gasteiger partial charge in [-0.1, -0.05) is 23.8 Å². The molecule has 124 valence electrons. The molecule has 2 aromatic heterocycles. The first-order chi connectivity index (χ1) is 11.7. The molecule has 0 aliphatic rings. The van der Waals surface area contributed by atoms with Crippen molar-refractivity contribution in [2.75, 3.05) is 25.5 Å². The fourth-order valence-corrected chi connectivity index (χ4v) is 2.43. The van der Waals surface area contributed by atoms with E-state index < -0.39 is 0 Å². The number of nitrogens with zero attached hydrogens (tertiary/aromatic N) is 2. The summed E-state index contributed by atoms with van der Waals surface area (Å²) in [6.07, 6.45) is 1.84. The van der Waals surface area contributed by atoms with Crippen LogP contribution in [0.25, 0.3) is 22.4 Å². The number of carbonyl (C=O) groups is 1. The first-order valence-electron chi connectivity index (χ1n) is 7.79. The molecule has 2 heterocycles. The lowest BCUT2D eigenvalue weighted by Gasteiger charge is -2.10. The first-order valence-corrected chi connectivity index (χ1v) is 7.79. The Morgan fingerprint density at radius 1 is 1.21 bits per heavy atom. The Kier molecular flexibility index (Phi) is 4.60. The molecule has 24 heavy (non-hydrogen) atoms. The Hall–Kier alpha value is -3.09. The van der Waals surface area contributed by atoms with Crippen molar-refractivity contribution >= 4 is 22.9 Å². The summed E-state index contributed by atoms with van der Waals surface area (Å²) < 4.78 is 0. The molecule has 0 bridgehead atoms.